The van der Waals surface area contributed by atoms with Crippen molar-refractivity contribution >= 4 is 11.8 Å². The van der Waals surface area contributed by atoms with E-state index in [1.165, 1.54) is 17.8 Å². The first-order valence-corrected chi connectivity index (χ1v) is 6.11. The third-order valence-corrected chi connectivity index (χ3v) is 3.32. The third kappa shape index (κ3) is 4.21. The van der Waals surface area contributed by atoms with Crippen molar-refractivity contribution in [2.75, 3.05) is 5.75 Å². The van der Waals surface area contributed by atoms with E-state index in [1.807, 2.05) is 12.1 Å². The van der Waals surface area contributed by atoms with Gasteiger partial charge in [-0.05, 0) is 37.7 Å². The summed E-state index contributed by atoms with van der Waals surface area (Å²) < 4.78 is 13.2. The van der Waals surface area contributed by atoms with E-state index in [4.69, 9.17) is 11.0 Å². The van der Waals surface area contributed by atoms with E-state index in [2.05, 4.69) is 0 Å². The second-order valence-corrected chi connectivity index (χ2v) is 5.05. The maximum Gasteiger partial charge on any atom is 0.136 e. The van der Waals surface area contributed by atoms with Crippen molar-refractivity contribution < 1.29 is 4.39 Å². The second kappa shape index (κ2) is 5.88. The largest absolute Gasteiger partial charge is 0.314 e. The van der Waals surface area contributed by atoms with E-state index in [1.54, 1.807) is 19.1 Å². The molecular formula is C12H15FN2S. The van der Waals surface area contributed by atoms with Crippen LogP contribution >= 0.6 is 11.8 Å². The molecule has 0 radical (unpaired) electrons. The molecule has 0 bridgehead atoms. The van der Waals surface area contributed by atoms with Crippen LogP contribution in [0.1, 0.15) is 19.8 Å². The van der Waals surface area contributed by atoms with Crippen LogP contribution in [0.15, 0.2) is 29.2 Å². The van der Waals surface area contributed by atoms with Crippen molar-refractivity contribution in [1.82, 2.24) is 0 Å². The predicted molar refractivity (Wildman–Crippen MR) is 64.6 cm³/mol. The first-order valence-electron chi connectivity index (χ1n) is 5.12. The van der Waals surface area contributed by atoms with Crippen molar-refractivity contribution in [1.29, 1.82) is 5.26 Å². The first-order chi connectivity index (χ1) is 7.55. The molecule has 0 aliphatic carbocycles. The fraction of sp³-hybridized carbons (Fsp3) is 0.417. The normalized spacial score (nSPS) is 14.1. The molecule has 4 heteroatoms. The summed E-state index contributed by atoms with van der Waals surface area (Å²) in [4.78, 5) is 0.651. The van der Waals surface area contributed by atoms with Gasteiger partial charge in [-0.15, -0.1) is 11.8 Å². The van der Waals surface area contributed by atoms with Crippen LogP contribution in [0.5, 0.6) is 0 Å². The van der Waals surface area contributed by atoms with Gasteiger partial charge in [-0.1, -0.05) is 12.1 Å². The van der Waals surface area contributed by atoms with Gasteiger partial charge in [0, 0.05) is 4.90 Å². The predicted octanol–water partition coefficient (Wildman–Crippen LogP) is 2.94. The van der Waals surface area contributed by atoms with Gasteiger partial charge in [-0.2, -0.15) is 5.26 Å². The van der Waals surface area contributed by atoms with Crippen LogP contribution < -0.4 is 5.73 Å². The number of hydrogen-bond donors (Lipinski definition) is 1. The standard InChI is InChI=1S/C12H15FN2S/c1-12(15,9-14)7-4-8-16-11-6-3-2-5-10(11)13/h2-3,5-6H,4,7-8,15H2,1H3. The zero-order chi connectivity index (χ0) is 12.0. The van der Waals surface area contributed by atoms with Gasteiger partial charge < -0.3 is 5.73 Å². The highest BCUT2D eigenvalue weighted by Crippen LogP contribution is 2.23. The quantitative estimate of drug-likeness (QED) is 0.634. The highest BCUT2D eigenvalue weighted by molar-refractivity contribution is 7.99. The number of benzene rings is 1. The lowest BCUT2D eigenvalue weighted by molar-refractivity contribution is 0.540. The molecule has 16 heavy (non-hydrogen) atoms. The molecule has 1 aromatic carbocycles. The molecule has 0 amide bonds. The molecule has 1 atom stereocenters. The van der Waals surface area contributed by atoms with Crippen molar-refractivity contribution in [2.24, 2.45) is 5.73 Å². The SMILES string of the molecule is CC(N)(C#N)CCCSc1ccccc1F. The summed E-state index contributed by atoms with van der Waals surface area (Å²) in [6.07, 6.45) is 1.44. The van der Waals surface area contributed by atoms with Gasteiger partial charge in [-0.3, -0.25) is 0 Å². The molecule has 0 aliphatic rings. The molecule has 1 rings (SSSR count). The Morgan fingerprint density at radius 2 is 2.19 bits per heavy atom. The van der Waals surface area contributed by atoms with Gasteiger partial charge in [-0.25, -0.2) is 4.39 Å². The Balaban J connectivity index is 2.33. The number of rotatable bonds is 5. The zero-order valence-corrected chi connectivity index (χ0v) is 10.1. The zero-order valence-electron chi connectivity index (χ0n) is 9.24. The smallest absolute Gasteiger partial charge is 0.136 e. The second-order valence-electron chi connectivity index (χ2n) is 3.91. The Bertz CT molecular complexity index is 385. The highest BCUT2D eigenvalue weighted by atomic mass is 32.2. The molecule has 0 heterocycles. The summed E-state index contributed by atoms with van der Waals surface area (Å²) in [7, 11) is 0. The van der Waals surface area contributed by atoms with Crippen molar-refractivity contribution in [3.8, 4) is 6.07 Å². The van der Waals surface area contributed by atoms with Crippen molar-refractivity contribution in [3.05, 3.63) is 30.1 Å². The molecule has 0 saturated carbocycles. The minimum atomic E-state index is -0.768. The average Bonchev–Trinajstić information content (AvgIpc) is 2.27. The van der Waals surface area contributed by atoms with Crippen LogP contribution in [0.4, 0.5) is 4.39 Å². The highest BCUT2D eigenvalue weighted by Gasteiger charge is 2.16. The van der Waals surface area contributed by atoms with Crippen LogP contribution in [0.2, 0.25) is 0 Å². The Morgan fingerprint density at radius 1 is 1.50 bits per heavy atom. The topological polar surface area (TPSA) is 49.8 Å². The number of thioether (sulfide) groups is 1. The van der Waals surface area contributed by atoms with Gasteiger partial charge in [0.15, 0.2) is 0 Å². The Kier molecular flexibility index (Phi) is 4.78. The van der Waals surface area contributed by atoms with Crippen LogP contribution in [-0.2, 0) is 0 Å². The van der Waals surface area contributed by atoms with Gasteiger partial charge in [0.1, 0.15) is 11.4 Å². The van der Waals surface area contributed by atoms with Crippen LogP contribution in [0.25, 0.3) is 0 Å². The Morgan fingerprint density at radius 3 is 2.81 bits per heavy atom. The van der Waals surface area contributed by atoms with E-state index in [0.29, 0.717) is 11.3 Å². The minimum absolute atomic E-state index is 0.191. The molecule has 1 unspecified atom stereocenters. The molecule has 0 saturated heterocycles. The molecule has 2 N–H and O–H groups in total. The summed E-state index contributed by atoms with van der Waals surface area (Å²) >= 11 is 1.46. The lowest BCUT2D eigenvalue weighted by Gasteiger charge is -2.14. The van der Waals surface area contributed by atoms with Gasteiger partial charge >= 0.3 is 0 Å². The molecule has 2 nitrogen and oxygen atoms in total. The average molecular weight is 238 g/mol. The maximum atomic E-state index is 13.2. The maximum absolute atomic E-state index is 13.2. The molecule has 0 fully saturated rings. The third-order valence-electron chi connectivity index (χ3n) is 2.19. The molecule has 0 aromatic heterocycles. The fourth-order valence-electron chi connectivity index (χ4n) is 1.24. The minimum Gasteiger partial charge on any atom is -0.314 e. The number of nitrogens with two attached hydrogens (primary N) is 1. The summed E-state index contributed by atoms with van der Waals surface area (Å²) in [5, 5.41) is 8.71. The number of hydrogen-bond acceptors (Lipinski definition) is 3. The van der Waals surface area contributed by atoms with Crippen LogP contribution in [0.3, 0.4) is 0 Å². The van der Waals surface area contributed by atoms with Crippen molar-refractivity contribution in [2.45, 2.75) is 30.2 Å². The Labute approximate surface area is 99.6 Å². The lowest BCUT2D eigenvalue weighted by Crippen LogP contribution is -2.33. The van der Waals surface area contributed by atoms with E-state index in [9.17, 15) is 4.39 Å². The summed E-state index contributed by atoms with van der Waals surface area (Å²) in [6, 6.07) is 8.74. The van der Waals surface area contributed by atoms with Crippen LogP contribution in [-0.4, -0.2) is 11.3 Å². The van der Waals surface area contributed by atoms with Gasteiger partial charge in [0.25, 0.3) is 0 Å². The number of nitriles is 1. The fourth-order valence-corrected chi connectivity index (χ4v) is 2.13. The van der Waals surface area contributed by atoms with E-state index in [-0.39, 0.29) is 5.82 Å². The molecule has 0 spiro atoms. The van der Waals surface area contributed by atoms with E-state index >= 15 is 0 Å². The number of halogens is 1. The molecule has 86 valence electrons. The summed E-state index contributed by atoms with van der Waals surface area (Å²) in [6.45, 7) is 1.71. The van der Waals surface area contributed by atoms with Crippen molar-refractivity contribution in [3.63, 3.8) is 0 Å². The summed E-state index contributed by atoms with van der Waals surface area (Å²) in [5.74, 6) is 0.582. The first kappa shape index (κ1) is 13.0. The summed E-state index contributed by atoms with van der Waals surface area (Å²) in [5.41, 5.74) is 4.91. The van der Waals surface area contributed by atoms with Crippen LogP contribution in [0, 0.1) is 17.1 Å². The monoisotopic (exact) mass is 238 g/mol. The van der Waals surface area contributed by atoms with Gasteiger partial charge in [0.05, 0.1) is 6.07 Å². The molecule has 1 aromatic rings. The molecule has 0 aliphatic heterocycles. The lowest BCUT2D eigenvalue weighted by atomic mass is 10.0. The van der Waals surface area contributed by atoms with E-state index in [0.717, 1.165) is 12.2 Å². The molecular weight excluding hydrogens is 223 g/mol. The van der Waals surface area contributed by atoms with Gasteiger partial charge in [0.2, 0.25) is 0 Å². The Hall–Kier alpha value is -1.05. The van der Waals surface area contributed by atoms with E-state index < -0.39 is 5.54 Å². The number of nitrogens with zero attached hydrogens (tertiary/aromatic N) is 1.